The summed E-state index contributed by atoms with van der Waals surface area (Å²) >= 11 is 12.0. The molecule has 0 bridgehead atoms. The minimum absolute atomic E-state index is 0.0862. The van der Waals surface area contributed by atoms with Crippen molar-refractivity contribution in [1.29, 1.82) is 0 Å². The van der Waals surface area contributed by atoms with Crippen LogP contribution in [-0.2, 0) is 11.2 Å². The van der Waals surface area contributed by atoms with E-state index in [-0.39, 0.29) is 21.5 Å². The van der Waals surface area contributed by atoms with Crippen LogP contribution in [0.1, 0.15) is 33.2 Å². The van der Waals surface area contributed by atoms with E-state index in [1.54, 1.807) is 48.2 Å². The molecular formula is C25H21Cl2N3O3. The number of nitrogens with one attached hydrogen (secondary N) is 2. The van der Waals surface area contributed by atoms with Gasteiger partial charge in [0.2, 0.25) is 5.91 Å². The van der Waals surface area contributed by atoms with Crippen LogP contribution in [0.4, 0.5) is 11.4 Å². The number of carbonyl (C=O) groups is 3. The Morgan fingerprint density at radius 3 is 2.42 bits per heavy atom. The third kappa shape index (κ3) is 4.87. The molecule has 1 heterocycles. The van der Waals surface area contributed by atoms with Crippen LogP contribution in [0.2, 0.25) is 10.0 Å². The fourth-order valence-electron chi connectivity index (χ4n) is 3.67. The lowest BCUT2D eigenvalue weighted by Gasteiger charge is -2.18. The smallest absolute Gasteiger partial charge is 0.258 e. The maximum atomic E-state index is 12.9. The molecule has 0 aromatic heterocycles. The topological polar surface area (TPSA) is 78.5 Å². The highest BCUT2D eigenvalue weighted by Gasteiger charge is 2.25. The Morgan fingerprint density at radius 2 is 1.67 bits per heavy atom. The maximum Gasteiger partial charge on any atom is 0.258 e. The molecule has 0 saturated carbocycles. The fourth-order valence-corrected chi connectivity index (χ4v) is 4.06. The molecule has 6 nitrogen and oxygen atoms in total. The Kier molecular flexibility index (Phi) is 6.67. The lowest BCUT2D eigenvalue weighted by molar-refractivity contribution is -0.117. The highest BCUT2D eigenvalue weighted by molar-refractivity contribution is 6.43. The molecular weight excluding hydrogens is 461 g/mol. The molecule has 0 radical (unpaired) electrons. The summed E-state index contributed by atoms with van der Waals surface area (Å²) in [7, 11) is 0. The second-order valence-corrected chi connectivity index (χ2v) is 8.48. The first-order valence-electron chi connectivity index (χ1n) is 10.4. The molecule has 168 valence electrons. The molecule has 3 aromatic rings. The highest BCUT2D eigenvalue weighted by atomic mass is 35.5. The van der Waals surface area contributed by atoms with Gasteiger partial charge in [0, 0.05) is 23.5 Å². The van der Waals surface area contributed by atoms with Gasteiger partial charge in [0.1, 0.15) is 6.04 Å². The molecule has 0 fully saturated rings. The van der Waals surface area contributed by atoms with Gasteiger partial charge in [-0.15, -0.1) is 0 Å². The van der Waals surface area contributed by atoms with Gasteiger partial charge >= 0.3 is 0 Å². The predicted molar refractivity (Wildman–Crippen MR) is 130 cm³/mol. The Hall–Kier alpha value is -3.35. The van der Waals surface area contributed by atoms with E-state index in [4.69, 9.17) is 23.2 Å². The molecule has 3 amide bonds. The summed E-state index contributed by atoms with van der Waals surface area (Å²) in [6.45, 7) is 2.21. The molecule has 1 atom stereocenters. The van der Waals surface area contributed by atoms with Crippen molar-refractivity contribution in [2.75, 3.05) is 16.8 Å². The number of para-hydroxylation sites is 1. The number of nitrogens with zero attached hydrogens (tertiary/aromatic N) is 1. The second-order valence-electron chi connectivity index (χ2n) is 7.70. The normalized spacial score (nSPS) is 13.2. The van der Waals surface area contributed by atoms with Crippen molar-refractivity contribution in [3.63, 3.8) is 0 Å². The predicted octanol–water partition coefficient (Wildman–Crippen LogP) is 4.95. The molecule has 2 N–H and O–H groups in total. The van der Waals surface area contributed by atoms with Crippen LogP contribution in [0.3, 0.4) is 0 Å². The third-order valence-corrected chi connectivity index (χ3v) is 6.29. The number of rotatable bonds is 5. The number of benzene rings is 3. The quantitative estimate of drug-likeness (QED) is 0.540. The van der Waals surface area contributed by atoms with E-state index < -0.39 is 17.9 Å². The summed E-state index contributed by atoms with van der Waals surface area (Å²) < 4.78 is 0. The largest absolute Gasteiger partial charge is 0.340 e. The van der Waals surface area contributed by atoms with Gasteiger partial charge in [-0.25, -0.2) is 0 Å². The van der Waals surface area contributed by atoms with Gasteiger partial charge in [-0.05, 0) is 61.4 Å². The number of hydrogen-bond donors (Lipinski definition) is 2. The zero-order chi connectivity index (χ0) is 23.5. The minimum atomic E-state index is -0.824. The maximum absolute atomic E-state index is 12.9. The molecule has 1 unspecified atom stereocenters. The zero-order valence-electron chi connectivity index (χ0n) is 17.8. The highest BCUT2D eigenvalue weighted by Crippen LogP contribution is 2.29. The Balaban J connectivity index is 1.37. The van der Waals surface area contributed by atoms with E-state index in [2.05, 4.69) is 10.6 Å². The van der Waals surface area contributed by atoms with Crippen LogP contribution >= 0.6 is 23.2 Å². The number of halogens is 2. The first kappa shape index (κ1) is 22.8. The van der Waals surface area contributed by atoms with Gasteiger partial charge in [-0.2, -0.15) is 0 Å². The molecule has 0 aliphatic carbocycles. The van der Waals surface area contributed by atoms with E-state index in [0.29, 0.717) is 17.8 Å². The Labute approximate surface area is 201 Å². The van der Waals surface area contributed by atoms with Gasteiger partial charge in [0.25, 0.3) is 11.8 Å². The van der Waals surface area contributed by atoms with Crippen molar-refractivity contribution >= 4 is 52.3 Å². The molecule has 1 aliphatic rings. The molecule has 33 heavy (non-hydrogen) atoms. The number of fused-ring (bicyclic) bond motifs is 1. The zero-order valence-corrected chi connectivity index (χ0v) is 19.3. The lowest BCUT2D eigenvalue weighted by Crippen LogP contribution is -2.41. The summed E-state index contributed by atoms with van der Waals surface area (Å²) in [5, 5.41) is 5.73. The van der Waals surface area contributed by atoms with Crippen molar-refractivity contribution in [3.8, 4) is 0 Å². The van der Waals surface area contributed by atoms with Crippen molar-refractivity contribution in [2.45, 2.75) is 19.4 Å². The molecule has 1 aliphatic heterocycles. The lowest BCUT2D eigenvalue weighted by atomic mass is 10.1. The van der Waals surface area contributed by atoms with Crippen molar-refractivity contribution in [2.24, 2.45) is 0 Å². The van der Waals surface area contributed by atoms with Gasteiger partial charge < -0.3 is 15.5 Å². The Bertz CT molecular complexity index is 1230. The van der Waals surface area contributed by atoms with Gasteiger partial charge in [0.05, 0.1) is 15.6 Å². The minimum Gasteiger partial charge on any atom is -0.340 e. The monoisotopic (exact) mass is 481 g/mol. The van der Waals surface area contributed by atoms with Crippen LogP contribution in [0.5, 0.6) is 0 Å². The van der Waals surface area contributed by atoms with E-state index in [9.17, 15) is 14.4 Å². The summed E-state index contributed by atoms with van der Waals surface area (Å²) in [4.78, 5) is 39.7. The summed E-state index contributed by atoms with van der Waals surface area (Å²) in [5.74, 6) is -0.997. The van der Waals surface area contributed by atoms with E-state index in [1.807, 2.05) is 24.3 Å². The standard InChI is InChI=1S/C25H21Cl2N3O3/c1-15(28-24(32)19-6-4-7-20(26)22(19)27)23(31)29-18-11-9-17(10-12-18)25(33)30-14-13-16-5-2-3-8-21(16)30/h2-12,15H,13-14H2,1H3,(H,28,32)(H,29,31). The van der Waals surface area contributed by atoms with Crippen molar-refractivity contribution in [1.82, 2.24) is 5.32 Å². The first-order valence-corrected chi connectivity index (χ1v) is 11.2. The fraction of sp³-hybridized carbons (Fsp3) is 0.160. The van der Waals surface area contributed by atoms with Gasteiger partial charge in [-0.1, -0.05) is 47.5 Å². The average Bonchev–Trinajstić information content (AvgIpc) is 3.25. The van der Waals surface area contributed by atoms with Crippen LogP contribution in [0, 0.1) is 0 Å². The van der Waals surface area contributed by atoms with Crippen LogP contribution in [0.25, 0.3) is 0 Å². The van der Waals surface area contributed by atoms with Crippen LogP contribution < -0.4 is 15.5 Å². The molecule has 4 rings (SSSR count). The van der Waals surface area contributed by atoms with E-state index >= 15 is 0 Å². The molecule has 0 spiro atoms. The summed E-state index contributed by atoms with van der Waals surface area (Å²) in [5.41, 5.74) is 3.33. The third-order valence-electron chi connectivity index (χ3n) is 5.47. The Morgan fingerprint density at radius 1 is 0.939 bits per heavy atom. The number of anilines is 2. The second kappa shape index (κ2) is 9.65. The first-order chi connectivity index (χ1) is 15.8. The summed E-state index contributed by atoms with van der Waals surface area (Å²) in [6.07, 6.45) is 0.833. The summed E-state index contributed by atoms with van der Waals surface area (Å²) in [6, 6.07) is 18.4. The number of amides is 3. The average molecular weight is 482 g/mol. The van der Waals surface area contributed by atoms with Gasteiger partial charge in [0.15, 0.2) is 0 Å². The molecule has 0 saturated heterocycles. The molecule has 3 aromatic carbocycles. The van der Waals surface area contributed by atoms with Gasteiger partial charge in [-0.3, -0.25) is 14.4 Å². The van der Waals surface area contributed by atoms with E-state index in [1.165, 1.54) is 6.07 Å². The number of hydrogen-bond acceptors (Lipinski definition) is 3. The molecule has 8 heteroatoms. The van der Waals surface area contributed by atoms with Crippen molar-refractivity contribution < 1.29 is 14.4 Å². The van der Waals surface area contributed by atoms with Crippen LogP contribution in [0.15, 0.2) is 66.7 Å². The number of carbonyl (C=O) groups excluding carboxylic acids is 3. The van der Waals surface area contributed by atoms with Crippen molar-refractivity contribution in [3.05, 3.63) is 93.5 Å². The SMILES string of the molecule is CC(NC(=O)c1cccc(Cl)c1Cl)C(=O)Nc1ccc(C(=O)N2CCc3ccccc32)cc1. The van der Waals surface area contributed by atoms with E-state index in [0.717, 1.165) is 17.7 Å². The van der Waals surface area contributed by atoms with Crippen LogP contribution in [-0.4, -0.2) is 30.3 Å².